The second kappa shape index (κ2) is 4.09. The Hall–Kier alpha value is -1.63. The van der Waals surface area contributed by atoms with Crippen molar-refractivity contribution in [1.29, 1.82) is 0 Å². The summed E-state index contributed by atoms with van der Waals surface area (Å²) >= 11 is 0. The molecule has 0 spiro atoms. The second-order valence-electron chi connectivity index (χ2n) is 4.18. The van der Waals surface area contributed by atoms with Gasteiger partial charge in [0.1, 0.15) is 0 Å². The standard InChI is InChI=1S/C9H14N4O3/c10-7(12-16)4-13-2-1-5-6(3-13)9(15)11-8(5)14/h5-6,16H,1-4H2,(H2,10,12)(H,11,14,15)/t5-,6+/m0/s1. The highest BCUT2D eigenvalue weighted by atomic mass is 16.4. The molecule has 2 fully saturated rings. The molecule has 7 heteroatoms. The van der Waals surface area contributed by atoms with Crippen LogP contribution in [0.5, 0.6) is 0 Å². The van der Waals surface area contributed by atoms with Crippen molar-refractivity contribution >= 4 is 17.6 Å². The van der Waals surface area contributed by atoms with Gasteiger partial charge >= 0.3 is 0 Å². The van der Waals surface area contributed by atoms with Gasteiger partial charge in [0.15, 0.2) is 5.84 Å². The van der Waals surface area contributed by atoms with Gasteiger partial charge in [-0.25, -0.2) is 0 Å². The highest BCUT2D eigenvalue weighted by molar-refractivity contribution is 6.05. The number of amides is 2. The van der Waals surface area contributed by atoms with E-state index in [4.69, 9.17) is 10.9 Å². The molecule has 0 aliphatic carbocycles. The molecule has 2 atom stereocenters. The number of piperidine rings is 1. The lowest BCUT2D eigenvalue weighted by molar-refractivity contribution is -0.126. The quantitative estimate of drug-likeness (QED) is 0.171. The average molecular weight is 226 g/mol. The number of fused-ring (bicyclic) bond motifs is 1. The fourth-order valence-electron chi connectivity index (χ4n) is 2.31. The minimum absolute atomic E-state index is 0.114. The zero-order valence-electron chi connectivity index (χ0n) is 8.72. The summed E-state index contributed by atoms with van der Waals surface area (Å²) in [6, 6.07) is 0. The van der Waals surface area contributed by atoms with Gasteiger partial charge in [-0.05, 0) is 13.0 Å². The molecule has 16 heavy (non-hydrogen) atoms. The number of amidine groups is 1. The van der Waals surface area contributed by atoms with E-state index in [0.717, 1.165) is 0 Å². The number of rotatable bonds is 2. The van der Waals surface area contributed by atoms with E-state index in [9.17, 15) is 9.59 Å². The van der Waals surface area contributed by atoms with Crippen molar-refractivity contribution in [2.24, 2.45) is 22.7 Å². The maximum absolute atomic E-state index is 11.5. The van der Waals surface area contributed by atoms with Gasteiger partial charge in [0.05, 0.1) is 18.4 Å². The molecule has 2 aliphatic heterocycles. The number of carbonyl (C=O) groups is 2. The molecular formula is C9H14N4O3. The van der Waals surface area contributed by atoms with Gasteiger partial charge in [0, 0.05) is 6.54 Å². The van der Waals surface area contributed by atoms with Crippen LogP contribution in [0, 0.1) is 11.8 Å². The Balaban J connectivity index is 2.00. The van der Waals surface area contributed by atoms with Crippen LogP contribution in [0.15, 0.2) is 5.16 Å². The molecular weight excluding hydrogens is 212 g/mol. The van der Waals surface area contributed by atoms with E-state index in [-0.39, 0.29) is 29.5 Å². The van der Waals surface area contributed by atoms with E-state index in [1.165, 1.54) is 0 Å². The molecule has 2 amide bonds. The predicted molar refractivity (Wildman–Crippen MR) is 54.6 cm³/mol. The molecule has 2 heterocycles. The number of oxime groups is 1. The van der Waals surface area contributed by atoms with Crippen LogP contribution in [0.2, 0.25) is 0 Å². The van der Waals surface area contributed by atoms with E-state index < -0.39 is 0 Å². The first-order chi connectivity index (χ1) is 7.61. The van der Waals surface area contributed by atoms with Crippen molar-refractivity contribution < 1.29 is 14.8 Å². The maximum atomic E-state index is 11.5. The smallest absolute Gasteiger partial charge is 0.231 e. The second-order valence-corrected chi connectivity index (χ2v) is 4.18. The first-order valence-electron chi connectivity index (χ1n) is 5.15. The third-order valence-electron chi connectivity index (χ3n) is 3.13. The van der Waals surface area contributed by atoms with E-state index in [2.05, 4.69) is 10.5 Å². The molecule has 7 nitrogen and oxygen atoms in total. The minimum atomic E-state index is -0.284. The summed E-state index contributed by atoms with van der Waals surface area (Å²) in [5.74, 6) is -0.746. The van der Waals surface area contributed by atoms with E-state index in [1.807, 2.05) is 4.90 Å². The molecule has 0 unspecified atom stereocenters. The summed E-state index contributed by atoms with van der Waals surface area (Å²) in [5, 5.41) is 13.7. The summed E-state index contributed by atoms with van der Waals surface area (Å²) < 4.78 is 0. The number of hydrogen-bond donors (Lipinski definition) is 3. The van der Waals surface area contributed by atoms with Crippen molar-refractivity contribution in [3.05, 3.63) is 0 Å². The summed E-state index contributed by atoms with van der Waals surface area (Å²) in [7, 11) is 0. The topological polar surface area (TPSA) is 108 Å². The number of nitrogens with one attached hydrogen (secondary N) is 1. The highest BCUT2D eigenvalue weighted by Gasteiger charge is 2.44. The Morgan fingerprint density at radius 3 is 2.88 bits per heavy atom. The number of likely N-dealkylation sites (tertiary alicyclic amines) is 1. The predicted octanol–water partition coefficient (Wildman–Crippen LogP) is -1.67. The van der Waals surface area contributed by atoms with E-state index in [1.54, 1.807) is 0 Å². The van der Waals surface area contributed by atoms with Gasteiger partial charge in [0.25, 0.3) is 0 Å². The molecule has 2 aliphatic rings. The molecule has 0 aromatic heterocycles. The third kappa shape index (κ3) is 1.85. The molecule has 0 aromatic carbocycles. The fourth-order valence-corrected chi connectivity index (χ4v) is 2.31. The Kier molecular flexibility index (Phi) is 2.78. The fraction of sp³-hybridized carbons (Fsp3) is 0.667. The molecule has 88 valence electrons. The lowest BCUT2D eigenvalue weighted by Gasteiger charge is -2.31. The Morgan fingerprint density at radius 2 is 2.19 bits per heavy atom. The first-order valence-corrected chi connectivity index (χ1v) is 5.15. The summed E-state index contributed by atoms with van der Waals surface area (Å²) in [6.45, 7) is 1.48. The van der Waals surface area contributed by atoms with Gasteiger partial charge in [-0.15, -0.1) is 0 Å². The van der Waals surface area contributed by atoms with Gasteiger partial charge in [-0.2, -0.15) is 0 Å². The normalized spacial score (nSPS) is 31.4. The average Bonchev–Trinajstić information content (AvgIpc) is 2.54. The number of nitrogens with zero attached hydrogens (tertiary/aromatic N) is 2. The van der Waals surface area contributed by atoms with E-state index in [0.29, 0.717) is 26.1 Å². The van der Waals surface area contributed by atoms with E-state index >= 15 is 0 Å². The lowest BCUT2D eigenvalue weighted by atomic mass is 9.88. The van der Waals surface area contributed by atoms with Crippen molar-refractivity contribution in [2.45, 2.75) is 6.42 Å². The van der Waals surface area contributed by atoms with Crippen LogP contribution in [-0.2, 0) is 9.59 Å². The van der Waals surface area contributed by atoms with Crippen LogP contribution in [0.1, 0.15) is 6.42 Å². The number of imide groups is 1. The molecule has 0 saturated carbocycles. The van der Waals surface area contributed by atoms with Crippen LogP contribution in [0.4, 0.5) is 0 Å². The van der Waals surface area contributed by atoms with Crippen molar-refractivity contribution in [2.75, 3.05) is 19.6 Å². The van der Waals surface area contributed by atoms with Crippen molar-refractivity contribution in [3.63, 3.8) is 0 Å². The lowest BCUT2D eigenvalue weighted by Crippen LogP contribution is -2.45. The Labute approximate surface area is 92.3 Å². The zero-order chi connectivity index (χ0) is 11.7. The summed E-state index contributed by atoms with van der Waals surface area (Å²) in [6.07, 6.45) is 0.640. The number of nitrogens with two attached hydrogens (primary N) is 1. The van der Waals surface area contributed by atoms with Crippen molar-refractivity contribution in [1.82, 2.24) is 10.2 Å². The van der Waals surface area contributed by atoms with Crippen LogP contribution in [0.3, 0.4) is 0 Å². The molecule has 2 rings (SSSR count). The Bertz CT molecular complexity index is 355. The molecule has 0 aromatic rings. The van der Waals surface area contributed by atoms with Crippen LogP contribution in [-0.4, -0.2) is 47.4 Å². The molecule has 0 bridgehead atoms. The molecule has 0 radical (unpaired) electrons. The number of hydrogen-bond acceptors (Lipinski definition) is 5. The highest BCUT2D eigenvalue weighted by Crippen LogP contribution is 2.28. The van der Waals surface area contributed by atoms with Crippen LogP contribution >= 0.6 is 0 Å². The minimum Gasteiger partial charge on any atom is -0.409 e. The third-order valence-corrected chi connectivity index (χ3v) is 3.13. The molecule has 2 saturated heterocycles. The number of carbonyl (C=O) groups excluding carboxylic acids is 2. The SMILES string of the molecule is NC(CN1CC[C@@H]2C(=O)NC(=O)[C@@H]2C1)=NO. The van der Waals surface area contributed by atoms with Gasteiger partial charge in [0.2, 0.25) is 11.8 Å². The summed E-state index contributed by atoms with van der Waals surface area (Å²) in [4.78, 5) is 24.7. The molecule has 4 N–H and O–H groups in total. The van der Waals surface area contributed by atoms with Gasteiger partial charge < -0.3 is 10.9 Å². The largest absolute Gasteiger partial charge is 0.409 e. The van der Waals surface area contributed by atoms with Crippen LogP contribution in [0.25, 0.3) is 0 Å². The van der Waals surface area contributed by atoms with Crippen LogP contribution < -0.4 is 11.1 Å². The van der Waals surface area contributed by atoms with Gasteiger partial charge in [-0.3, -0.25) is 19.8 Å². The van der Waals surface area contributed by atoms with Gasteiger partial charge in [-0.1, -0.05) is 5.16 Å². The zero-order valence-corrected chi connectivity index (χ0v) is 8.72. The monoisotopic (exact) mass is 226 g/mol. The maximum Gasteiger partial charge on any atom is 0.231 e. The van der Waals surface area contributed by atoms with Crippen molar-refractivity contribution in [3.8, 4) is 0 Å². The first kappa shape index (κ1) is 10.9. The summed E-state index contributed by atoms with van der Waals surface area (Å²) in [5.41, 5.74) is 5.39. The Morgan fingerprint density at radius 1 is 1.50 bits per heavy atom.